The van der Waals surface area contributed by atoms with Crippen LogP contribution in [0.2, 0.25) is 0 Å². The third-order valence-electron chi connectivity index (χ3n) is 2.07. The SMILES string of the molecule is Cc1c(C(F)(F)F)nn(CC(=O)O)c1CN. The van der Waals surface area contributed by atoms with Crippen LogP contribution in [0.1, 0.15) is 17.0 Å². The first-order valence-corrected chi connectivity index (χ1v) is 4.32. The molecule has 0 unspecified atom stereocenters. The van der Waals surface area contributed by atoms with Crippen molar-refractivity contribution in [1.82, 2.24) is 9.78 Å². The van der Waals surface area contributed by atoms with E-state index in [0.717, 1.165) is 4.68 Å². The fourth-order valence-corrected chi connectivity index (χ4v) is 1.37. The minimum Gasteiger partial charge on any atom is -0.480 e. The van der Waals surface area contributed by atoms with E-state index in [1.165, 1.54) is 6.92 Å². The van der Waals surface area contributed by atoms with Gasteiger partial charge in [0.25, 0.3) is 0 Å². The van der Waals surface area contributed by atoms with E-state index in [0.29, 0.717) is 0 Å². The number of alkyl halides is 3. The molecule has 0 bridgehead atoms. The van der Waals surface area contributed by atoms with Gasteiger partial charge >= 0.3 is 12.1 Å². The Morgan fingerprint density at radius 2 is 2.12 bits per heavy atom. The highest BCUT2D eigenvalue weighted by atomic mass is 19.4. The van der Waals surface area contributed by atoms with Crippen LogP contribution in [-0.2, 0) is 24.1 Å². The predicted molar refractivity (Wildman–Crippen MR) is 47.5 cm³/mol. The lowest BCUT2D eigenvalue weighted by atomic mass is 10.2. The lowest BCUT2D eigenvalue weighted by Gasteiger charge is -2.02. The molecule has 0 spiro atoms. The molecule has 0 aliphatic rings. The van der Waals surface area contributed by atoms with Crippen LogP contribution in [0, 0.1) is 6.92 Å². The zero-order chi connectivity index (χ0) is 12.5. The van der Waals surface area contributed by atoms with Gasteiger partial charge in [0.1, 0.15) is 6.54 Å². The van der Waals surface area contributed by atoms with Gasteiger partial charge in [-0.1, -0.05) is 0 Å². The van der Waals surface area contributed by atoms with Gasteiger partial charge in [0, 0.05) is 12.1 Å². The zero-order valence-electron chi connectivity index (χ0n) is 8.38. The standard InChI is InChI=1S/C8H10F3N3O2/c1-4-5(2-12)14(3-6(15)16)13-7(4)8(9,10)11/h2-3,12H2,1H3,(H,15,16). The molecule has 1 rings (SSSR count). The summed E-state index contributed by atoms with van der Waals surface area (Å²) in [7, 11) is 0. The lowest BCUT2D eigenvalue weighted by Crippen LogP contribution is -2.16. The molecule has 8 heteroatoms. The Morgan fingerprint density at radius 1 is 1.56 bits per heavy atom. The summed E-state index contributed by atoms with van der Waals surface area (Å²) in [4.78, 5) is 10.4. The van der Waals surface area contributed by atoms with Crippen molar-refractivity contribution in [2.24, 2.45) is 5.73 Å². The van der Waals surface area contributed by atoms with E-state index in [-0.39, 0.29) is 17.8 Å². The molecule has 5 nitrogen and oxygen atoms in total. The second kappa shape index (κ2) is 4.12. The number of carboxylic acid groups (broad SMARTS) is 1. The van der Waals surface area contributed by atoms with Gasteiger partial charge in [-0.25, -0.2) is 0 Å². The molecule has 0 aliphatic carbocycles. The summed E-state index contributed by atoms with van der Waals surface area (Å²) in [6.07, 6.45) is -4.60. The molecule has 1 aromatic rings. The van der Waals surface area contributed by atoms with E-state index < -0.39 is 24.4 Å². The lowest BCUT2D eigenvalue weighted by molar-refractivity contribution is -0.143. The summed E-state index contributed by atoms with van der Waals surface area (Å²) in [5.74, 6) is -1.27. The van der Waals surface area contributed by atoms with Gasteiger partial charge < -0.3 is 10.8 Å². The molecule has 3 N–H and O–H groups in total. The van der Waals surface area contributed by atoms with Crippen LogP contribution in [0.3, 0.4) is 0 Å². The van der Waals surface area contributed by atoms with E-state index in [1.807, 2.05) is 0 Å². The summed E-state index contributed by atoms with van der Waals surface area (Å²) in [6.45, 7) is 0.391. The average molecular weight is 237 g/mol. The second-order valence-electron chi connectivity index (χ2n) is 3.17. The molecular formula is C8H10F3N3O2. The van der Waals surface area contributed by atoms with E-state index >= 15 is 0 Å². The Balaban J connectivity index is 3.25. The predicted octanol–water partition coefficient (Wildman–Crippen LogP) is 0.754. The van der Waals surface area contributed by atoms with Crippen LogP contribution in [-0.4, -0.2) is 20.9 Å². The van der Waals surface area contributed by atoms with E-state index in [1.54, 1.807) is 0 Å². The van der Waals surface area contributed by atoms with Gasteiger partial charge in [0.2, 0.25) is 0 Å². The topological polar surface area (TPSA) is 81.1 Å². The first kappa shape index (κ1) is 12.5. The zero-order valence-corrected chi connectivity index (χ0v) is 8.38. The van der Waals surface area contributed by atoms with Crippen LogP contribution in [0.25, 0.3) is 0 Å². The van der Waals surface area contributed by atoms with E-state index in [4.69, 9.17) is 10.8 Å². The number of halogens is 3. The van der Waals surface area contributed by atoms with Gasteiger partial charge in [0.05, 0.1) is 5.69 Å². The molecule has 0 atom stereocenters. The highest BCUT2D eigenvalue weighted by molar-refractivity contribution is 5.66. The maximum atomic E-state index is 12.5. The van der Waals surface area contributed by atoms with Crippen LogP contribution in [0.15, 0.2) is 0 Å². The summed E-state index contributed by atoms with van der Waals surface area (Å²) in [5.41, 5.74) is 4.12. The van der Waals surface area contributed by atoms with Gasteiger partial charge in [-0.05, 0) is 6.92 Å². The fourth-order valence-electron chi connectivity index (χ4n) is 1.37. The summed E-state index contributed by atoms with van der Waals surface area (Å²) >= 11 is 0. The van der Waals surface area contributed by atoms with Crippen molar-refractivity contribution in [2.45, 2.75) is 26.2 Å². The molecular weight excluding hydrogens is 227 g/mol. The average Bonchev–Trinajstić information content (AvgIpc) is 2.40. The van der Waals surface area contributed by atoms with E-state index in [9.17, 15) is 18.0 Å². The van der Waals surface area contributed by atoms with Crippen molar-refractivity contribution in [3.8, 4) is 0 Å². The fraction of sp³-hybridized carbons (Fsp3) is 0.500. The van der Waals surface area contributed by atoms with Crippen molar-refractivity contribution in [2.75, 3.05) is 0 Å². The van der Waals surface area contributed by atoms with Crippen molar-refractivity contribution in [3.05, 3.63) is 17.0 Å². The van der Waals surface area contributed by atoms with Crippen LogP contribution >= 0.6 is 0 Å². The Bertz CT molecular complexity index is 411. The quantitative estimate of drug-likeness (QED) is 0.812. The molecule has 0 fully saturated rings. The number of aromatic nitrogens is 2. The first-order valence-electron chi connectivity index (χ1n) is 4.32. The maximum absolute atomic E-state index is 12.5. The number of carboxylic acids is 1. The molecule has 0 saturated carbocycles. The second-order valence-corrected chi connectivity index (χ2v) is 3.17. The monoisotopic (exact) mass is 237 g/mol. The van der Waals surface area contributed by atoms with Gasteiger partial charge in [0.15, 0.2) is 5.69 Å². The molecule has 16 heavy (non-hydrogen) atoms. The molecule has 1 aromatic heterocycles. The van der Waals surface area contributed by atoms with Crippen LogP contribution in [0.4, 0.5) is 13.2 Å². The smallest absolute Gasteiger partial charge is 0.435 e. The summed E-state index contributed by atoms with van der Waals surface area (Å²) in [5, 5.41) is 11.7. The number of hydrogen-bond donors (Lipinski definition) is 2. The Labute approximate surface area is 88.7 Å². The number of rotatable bonds is 3. The summed E-state index contributed by atoms with van der Waals surface area (Å²) < 4.78 is 38.1. The van der Waals surface area contributed by atoms with Gasteiger partial charge in [-0.3, -0.25) is 9.48 Å². The van der Waals surface area contributed by atoms with E-state index in [2.05, 4.69) is 5.10 Å². The Morgan fingerprint density at radius 3 is 2.50 bits per heavy atom. The van der Waals surface area contributed by atoms with Crippen molar-refractivity contribution < 1.29 is 23.1 Å². The van der Waals surface area contributed by atoms with Gasteiger partial charge in [-0.15, -0.1) is 0 Å². The van der Waals surface area contributed by atoms with Crippen molar-refractivity contribution >= 4 is 5.97 Å². The minimum absolute atomic E-state index is 0.0784. The molecule has 90 valence electrons. The Kier molecular flexibility index (Phi) is 3.22. The molecule has 0 amide bonds. The number of hydrogen-bond acceptors (Lipinski definition) is 3. The number of carbonyl (C=O) groups is 1. The molecule has 0 aromatic carbocycles. The minimum atomic E-state index is -4.60. The summed E-state index contributed by atoms with van der Waals surface area (Å²) in [6, 6.07) is 0. The molecule has 0 radical (unpaired) electrons. The number of aliphatic carboxylic acids is 1. The molecule has 0 saturated heterocycles. The van der Waals surface area contributed by atoms with Crippen molar-refractivity contribution in [1.29, 1.82) is 0 Å². The Hall–Kier alpha value is -1.57. The molecule has 1 heterocycles. The highest BCUT2D eigenvalue weighted by Crippen LogP contribution is 2.31. The highest BCUT2D eigenvalue weighted by Gasteiger charge is 2.37. The van der Waals surface area contributed by atoms with Crippen LogP contribution < -0.4 is 5.73 Å². The number of nitrogens with zero attached hydrogens (tertiary/aromatic N) is 2. The first-order chi connectivity index (χ1) is 7.27. The maximum Gasteiger partial charge on any atom is 0.435 e. The van der Waals surface area contributed by atoms with Gasteiger partial charge in [-0.2, -0.15) is 18.3 Å². The van der Waals surface area contributed by atoms with Crippen molar-refractivity contribution in [3.63, 3.8) is 0 Å². The molecule has 0 aliphatic heterocycles. The van der Waals surface area contributed by atoms with Crippen LogP contribution in [0.5, 0.6) is 0 Å². The largest absolute Gasteiger partial charge is 0.480 e. The normalized spacial score (nSPS) is 11.8. The third-order valence-corrected chi connectivity index (χ3v) is 2.07. The number of nitrogens with two attached hydrogens (primary N) is 1. The third kappa shape index (κ3) is 2.32.